The van der Waals surface area contributed by atoms with E-state index in [0.717, 1.165) is 0 Å². The van der Waals surface area contributed by atoms with E-state index in [-0.39, 0.29) is 15.8 Å². The Morgan fingerprint density at radius 2 is 0.609 bits per heavy atom. The average molecular weight is 363 g/mol. The van der Waals surface area contributed by atoms with Crippen LogP contribution in [0.15, 0.2) is 0 Å². The fourth-order valence-electron chi connectivity index (χ4n) is 4.53. The molecule has 0 aliphatic carbocycles. The van der Waals surface area contributed by atoms with Gasteiger partial charge in [0, 0.05) is 15.8 Å². The monoisotopic (exact) mass is 362 g/mol. The van der Waals surface area contributed by atoms with Gasteiger partial charge in [0.25, 0.3) is 0 Å². The first-order chi connectivity index (χ1) is 9.97. The average Bonchev–Trinajstić information content (AvgIpc) is 2.19. The summed E-state index contributed by atoms with van der Waals surface area (Å²) in [4.78, 5) is 0. The zero-order valence-electron chi connectivity index (χ0n) is 18.5. The quantitative estimate of drug-likeness (QED) is 0.334. The minimum atomic E-state index is -0.324. The second-order valence-corrected chi connectivity index (χ2v) is 20.4. The lowest BCUT2D eigenvalue weighted by atomic mass is 10.2. The van der Waals surface area contributed by atoms with Crippen LogP contribution in [-0.4, -0.2) is 32.9 Å². The zero-order valence-corrected chi connectivity index (χ0v) is 20.5. The van der Waals surface area contributed by atoms with Gasteiger partial charge in [0.05, 0.1) is 32.9 Å². The Labute approximate surface area is 151 Å². The van der Waals surface area contributed by atoms with Gasteiger partial charge in [0.1, 0.15) is 0 Å². The lowest BCUT2D eigenvalue weighted by Gasteiger charge is -2.35. The first-order valence-electron chi connectivity index (χ1n) is 9.71. The number of unbranched alkanes of at least 4 members (excludes halogenated alkanes) is 2. The minimum absolute atomic E-state index is 0.324. The van der Waals surface area contributed by atoms with E-state index in [4.69, 9.17) is 0 Å². The lowest BCUT2D eigenvalue weighted by molar-refractivity contribution is 0.678. The molecule has 0 amide bonds. The molecule has 0 fully saturated rings. The van der Waals surface area contributed by atoms with E-state index < -0.39 is 0 Å². The molecule has 0 aliphatic rings. The molecule has 0 bridgehead atoms. The van der Waals surface area contributed by atoms with Gasteiger partial charge in [-0.15, -0.1) is 0 Å². The summed E-state index contributed by atoms with van der Waals surface area (Å²) in [5.41, 5.74) is 0. The van der Waals surface area contributed by atoms with Crippen LogP contribution in [-0.2, 0) is 0 Å². The van der Waals surface area contributed by atoms with Gasteiger partial charge in [0.15, 0.2) is 0 Å². The van der Waals surface area contributed by atoms with Crippen molar-refractivity contribution in [3.8, 4) is 0 Å². The third-order valence-electron chi connectivity index (χ3n) is 4.97. The Kier molecular flexibility index (Phi) is 8.81. The largest absolute Gasteiger partial charge is 0.0698 e. The molecule has 0 heterocycles. The SMILES string of the molecule is CC(C)(C)[PH+](CCCCC[PH+](C(C)(C)C)C(C)(C)C)C(C)(C)C. The number of hydrogen-bond donors (Lipinski definition) is 0. The number of rotatable bonds is 6. The van der Waals surface area contributed by atoms with Crippen molar-refractivity contribution in [2.45, 2.75) is 123 Å². The van der Waals surface area contributed by atoms with Crippen molar-refractivity contribution in [3.05, 3.63) is 0 Å². The molecule has 0 aromatic heterocycles. The third-order valence-corrected chi connectivity index (χ3v) is 13.9. The first kappa shape index (κ1) is 23.9. The number of hydrogen-bond acceptors (Lipinski definition) is 0. The van der Waals surface area contributed by atoms with Crippen LogP contribution in [0.4, 0.5) is 0 Å². The van der Waals surface area contributed by atoms with Crippen LogP contribution >= 0.6 is 15.8 Å². The topological polar surface area (TPSA) is 0 Å². The molecule has 23 heavy (non-hydrogen) atoms. The van der Waals surface area contributed by atoms with E-state index in [1.165, 1.54) is 31.6 Å². The van der Waals surface area contributed by atoms with E-state index in [2.05, 4.69) is 83.1 Å². The summed E-state index contributed by atoms with van der Waals surface area (Å²) in [7, 11) is -0.648. The highest BCUT2D eigenvalue weighted by molar-refractivity contribution is 7.61. The van der Waals surface area contributed by atoms with E-state index in [0.29, 0.717) is 20.6 Å². The van der Waals surface area contributed by atoms with E-state index >= 15 is 0 Å². The van der Waals surface area contributed by atoms with Crippen molar-refractivity contribution in [2.24, 2.45) is 0 Å². The van der Waals surface area contributed by atoms with Crippen molar-refractivity contribution >= 4 is 15.8 Å². The highest BCUT2D eigenvalue weighted by Gasteiger charge is 2.42. The molecule has 0 rings (SSSR count). The molecule has 0 saturated carbocycles. The molecule has 0 atom stereocenters. The summed E-state index contributed by atoms with van der Waals surface area (Å²) < 4.78 is 0. The first-order valence-corrected chi connectivity index (χ1v) is 13.1. The van der Waals surface area contributed by atoms with Gasteiger partial charge in [-0.2, -0.15) is 0 Å². The molecule has 0 aromatic rings. The van der Waals surface area contributed by atoms with Crippen molar-refractivity contribution < 1.29 is 0 Å². The molecule has 0 aromatic carbocycles. The van der Waals surface area contributed by atoms with Gasteiger partial charge in [-0.3, -0.25) is 0 Å². The van der Waals surface area contributed by atoms with Crippen LogP contribution in [0, 0.1) is 0 Å². The Hall–Kier alpha value is 0.860. The van der Waals surface area contributed by atoms with E-state index in [1.54, 1.807) is 0 Å². The van der Waals surface area contributed by atoms with Gasteiger partial charge in [-0.05, 0) is 102 Å². The van der Waals surface area contributed by atoms with Crippen LogP contribution < -0.4 is 0 Å². The molecule has 140 valence electrons. The summed E-state index contributed by atoms with van der Waals surface area (Å²) >= 11 is 0. The van der Waals surface area contributed by atoms with Gasteiger partial charge in [0.2, 0.25) is 0 Å². The van der Waals surface area contributed by atoms with Gasteiger partial charge < -0.3 is 0 Å². The van der Waals surface area contributed by atoms with Crippen LogP contribution in [0.3, 0.4) is 0 Å². The molecule has 0 spiro atoms. The molecule has 0 unspecified atom stereocenters. The molecule has 0 aliphatic heterocycles. The summed E-state index contributed by atoms with van der Waals surface area (Å²) in [6.07, 6.45) is 7.33. The second kappa shape index (κ2) is 8.49. The Bertz CT molecular complexity index is 269. The van der Waals surface area contributed by atoms with E-state index in [9.17, 15) is 0 Å². The van der Waals surface area contributed by atoms with Gasteiger partial charge >= 0.3 is 0 Å². The van der Waals surface area contributed by atoms with Crippen LogP contribution in [0.5, 0.6) is 0 Å². The van der Waals surface area contributed by atoms with Crippen molar-refractivity contribution in [3.63, 3.8) is 0 Å². The van der Waals surface area contributed by atoms with Crippen molar-refractivity contribution in [2.75, 3.05) is 12.3 Å². The van der Waals surface area contributed by atoms with Crippen LogP contribution in [0.25, 0.3) is 0 Å². The molecule has 0 nitrogen and oxygen atoms in total. The summed E-state index contributed by atoms with van der Waals surface area (Å²) in [5.74, 6) is 0. The predicted octanol–water partition coefficient (Wildman–Crippen LogP) is 7.78. The third kappa shape index (κ3) is 9.21. The maximum absolute atomic E-state index is 2.47. The minimum Gasteiger partial charge on any atom is -0.0464 e. The van der Waals surface area contributed by atoms with Crippen LogP contribution in [0.2, 0.25) is 0 Å². The van der Waals surface area contributed by atoms with Gasteiger partial charge in [-0.25, -0.2) is 0 Å². The fraction of sp³-hybridized carbons (Fsp3) is 1.00. The normalized spacial score (nSPS) is 14.9. The molecular formula is C21H48P2+2. The highest BCUT2D eigenvalue weighted by Crippen LogP contribution is 2.61. The lowest BCUT2D eigenvalue weighted by Crippen LogP contribution is -2.27. The maximum atomic E-state index is 2.47. The molecule has 0 saturated heterocycles. The van der Waals surface area contributed by atoms with Gasteiger partial charge in [-0.1, -0.05) is 0 Å². The van der Waals surface area contributed by atoms with Crippen molar-refractivity contribution in [1.29, 1.82) is 0 Å². The maximum Gasteiger partial charge on any atom is 0.0698 e. The summed E-state index contributed by atoms with van der Waals surface area (Å²) in [6.45, 7) is 29.6. The second-order valence-electron chi connectivity index (χ2n) is 11.5. The summed E-state index contributed by atoms with van der Waals surface area (Å²) in [6, 6.07) is 0. The van der Waals surface area contributed by atoms with Crippen molar-refractivity contribution in [1.82, 2.24) is 0 Å². The summed E-state index contributed by atoms with van der Waals surface area (Å²) in [5, 5.41) is 2.09. The Balaban J connectivity index is 4.46. The molecule has 2 heteroatoms. The predicted molar refractivity (Wildman–Crippen MR) is 119 cm³/mol. The van der Waals surface area contributed by atoms with E-state index in [1.807, 2.05) is 0 Å². The zero-order chi connectivity index (χ0) is 18.7. The van der Waals surface area contributed by atoms with Crippen LogP contribution in [0.1, 0.15) is 102 Å². The molecule has 0 N–H and O–H groups in total. The molecule has 0 radical (unpaired) electrons. The Morgan fingerprint density at radius 1 is 0.391 bits per heavy atom. The Morgan fingerprint density at radius 3 is 0.783 bits per heavy atom. The standard InChI is InChI=1S/C21H46P2/c1-18(2,3)22(19(4,5)6)16-14-13-15-17-23(20(7,8)9)21(10,11)12/h13-17H2,1-12H3/p+2. The molecular weight excluding hydrogens is 314 g/mol. The fourth-order valence-corrected chi connectivity index (χ4v) is 13.2. The highest BCUT2D eigenvalue weighted by atomic mass is 31.1. The smallest absolute Gasteiger partial charge is 0.0464 e.